The summed E-state index contributed by atoms with van der Waals surface area (Å²) in [6, 6.07) is 9.58. The van der Waals surface area contributed by atoms with E-state index >= 15 is 0 Å². The van der Waals surface area contributed by atoms with Crippen molar-refractivity contribution < 1.29 is 14.6 Å². The summed E-state index contributed by atoms with van der Waals surface area (Å²) in [6.45, 7) is 0.744. The third-order valence-corrected chi connectivity index (χ3v) is 4.03. The van der Waals surface area contributed by atoms with Gasteiger partial charge < -0.3 is 15.6 Å². The van der Waals surface area contributed by atoms with E-state index in [0.29, 0.717) is 31.8 Å². The fourth-order valence-electron chi connectivity index (χ4n) is 2.56. The van der Waals surface area contributed by atoms with Crippen molar-refractivity contribution in [2.75, 3.05) is 13.2 Å². The van der Waals surface area contributed by atoms with E-state index in [-0.39, 0.29) is 6.54 Å². The van der Waals surface area contributed by atoms with Crippen LogP contribution in [-0.2, 0) is 4.79 Å². The van der Waals surface area contributed by atoms with Crippen molar-refractivity contribution in [1.82, 2.24) is 0 Å². The maximum Gasteiger partial charge on any atom is 0.310 e. The topological polar surface area (TPSA) is 72.5 Å². The van der Waals surface area contributed by atoms with Crippen LogP contribution in [0.3, 0.4) is 0 Å². The standard InChI is InChI=1S/C16H23NO3/c17-12-16(15(18)19,11-13-7-8-13)9-4-10-20-14-5-2-1-3-6-14/h1-3,5-6,13H,4,7-12,17H2,(H,18,19). The molecule has 0 bridgehead atoms. The Kier molecular flexibility index (Phi) is 5.01. The molecule has 4 nitrogen and oxygen atoms in total. The van der Waals surface area contributed by atoms with Gasteiger partial charge in [-0.1, -0.05) is 31.0 Å². The van der Waals surface area contributed by atoms with Gasteiger partial charge in [-0.05, 0) is 37.3 Å². The smallest absolute Gasteiger partial charge is 0.310 e. The molecule has 110 valence electrons. The minimum Gasteiger partial charge on any atom is -0.494 e. The van der Waals surface area contributed by atoms with E-state index in [1.807, 2.05) is 30.3 Å². The molecule has 0 spiro atoms. The van der Waals surface area contributed by atoms with Crippen LogP contribution < -0.4 is 10.5 Å². The van der Waals surface area contributed by atoms with Gasteiger partial charge in [0, 0.05) is 6.54 Å². The van der Waals surface area contributed by atoms with E-state index in [4.69, 9.17) is 10.5 Å². The molecule has 0 aliphatic heterocycles. The Morgan fingerprint density at radius 3 is 2.60 bits per heavy atom. The Bertz CT molecular complexity index is 431. The molecular weight excluding hydrogens is 254 g/mol. The number of nitrogens with two attached hydrogens (primary N) is 1. The average Bonchev–Trinajstić information content (AvgIpc) is 3.27. The zero-order valence-corrected chi connectivity index (χ0v) is 11.8. The number of carbonyl (C=O) groups is 1. The summed E-state index contributed by atoms with van der Waals surface area (Å²) >= 11 is 0. The maximum absolute atomic E-state index is 11.6. The number of hydrogen-bond donors (Lipinski definition) is 2. The summed E-state index contributed by atoms with van der Waals surface area (Å²) in [5.74, 6) is 0.625. The summed E-state index contributed by atoms with van der Waals surface area (Å²) in [6.07, 6.45) is 4.31. The van der Waals surface area contributed by atoms with Crippen molar-refractivity contribution in [3.05, 3.63) is 30.3 Å². The molecule has 0 aromatic heterocycles. The van der Waals surface area contributed by atoms with E-state index in [0.717, 1.165) is 18.6 Å². The summed E-state index contributed by atoms with van der Waals surface area (Å²) in [5, 5.41) is 9.50. The first-order chi connectivity index (χ1) is 9.66. The summed E-state index contributed by atoms with van der Waals surface area (Å²) in [5.41, 5.74) is 4.99. The van der Waals surface area contributed by atoms with Gasteiger partial charge >= 0.3 is 5.97 Å². The highest BCUT2D eigenvalue weighted by Gasteiger charge is 2.41. The molecule has 1 aliphatic rings. The lowest BCUT2D eigenvalue weighted by molar-refractivity contribution is -0.149. The molecule has 1 fully saturated rings. The van der Waals surface area contributed by atoms with Gasteiger partial charge in [0.15, 0.2) is 0 Å². The second-order valence-corrected chi connectivity index (χ2v) is 5.70. The average molecular weight is 277 g/mol. The number of aliphatic carboxylic acids is 1. The van der Waals surface area contributed by atoms with E-state index in [1.54, 1.807) is 0 Å². The van der Waals surface area contributed by atoms with E-state index in [9.17, 15) is 9.90 Å². The zero-order chi connectivity index (χ0) is 14.4. The van der Waals surface area contributed by atoms with Gasteiger partial charge in [-0.2, -0.15) is 0 Å². The first-order valence-electron chi connectivity index (χ1n) is 7.27. The largest absolute Gasteiger partial charge is 0.494 e. The molecule has 1 saturated carbocycles. The third kappa shape index (κ3) is 3.97. The Labute approximate surface area is 119 Å². The van der Waals surface area contributed by atoms with Crippen LogP contribution in [0.4, 0.5) is 0 Å². The Hall–Kier alpha value is -1.55. The Morgan fingerprint density at radius 1 is 1.35 bits per heavy atom. The van der Waals surface area contributed by atoms with Crippen molar-refractivity contribution in [3.63, 3.8) is 0 Å². The summed E-state index contributed by atoms with van der Waals surface area (Å²) in [4.78, 5) is 11.6. The third-order valence-electron chi connectivity index (χ3n) is 4.03. The molecule has 0 radical (unpaired) electrons. The monoisotopic (exact) mass is 277 g/mol. The predicted octanol–water partition coefficient (Wildman–Crippen LogP) is 2.68. The molecule has 1 aromatic carbocycles. The zero-order valence-electron chi connectivity index (χ0n) is 11.8. The molecule has 1 aliphatic carbocycles. The number of hydrogen-bond acceptors (Lipinski definition) is 3. The number of rotatable bonds is 9. The summed E-state index contributed by atoms with van der Waals surface area (Å²) < 4.78 is 5.61. The quantitative estimate of drug-likeness (QED) is 0.681. The highest BCUT2D eigenvalue weighted by molar-refractivity contribution is 5.75. The van der Waals surface area contributed by atoms with Crippen LogP contribution in [0.15, 0.2) is 30.3 Å². The lowest BCUT2D eigenvalue weighted by Crippen LogP contribution is -2.39. The van der Waals surface area contributed by atoms with Crippen LogP contribution in [-0.4, -0.2) is 24.2 Å². The van der Waals surface area contributed by atoms with Crippen LogP contribution >= 0.6 is 0 Å². The fraction of sp³-hybridized carbons (Fsp3) is 0.562. The SMILES string of the molecule is NCC(CCCOc1ccccc1)(CC1CC1)C(=O)O. The van der Waals surface area contributed by atoms with Crippen molar-refractivity contribution in [2.24, 2.45) is 17.1 Å². The maximum atomic E-state index is 11.6. The molecular formula is C16H23NO3. The van der Waals surface area contributed by atoms with Gasteiger partial charge in [0.05, 0.1) is 12.0 Å². The van der Waals surface area contributed by atoms with E-state index in [2.05, 4.69) is 0 Å². The van der Waals surface area contributed by atoms with Crippen LogP contribution in [0.5, 0.6) is 5.75 Å². The number of carboxylic acid groups (broad SMARTS) is 1. The van der Waals surface area contributed by atoms with Gasteiger partial charge in [0.25, 0.3) is 0 Å². The lowest BCUT2D eigenvalue weighted by Gasteiger charge is -2.28. The number of benzene rings is 1. The predicted molar refractivity (Wildman–Crippen MR) is 77.6 cm³/mol. The van der Waals surface area contributed by atoms with Crippen molar-refractivity contribution in [1.29, 1.82) is 0 Å². The first-order valence-corrected chi connectivity index (χ1v) is 7.27. The van der Waals surface area contributed by atoms with Crippen LogP contribution in [0, 0.1) is 11.3 Å². The molecule has 0 heterocycles. The van der Waals surface area contributed by atoms with Crippen molar-refractivity contribution in [3.8, 4) is 5.75 Å². The van der Waals surface area contributed by atoms with Crippen LogP contribution in [0.2, 0.25) is 0 Å². The van der Waals surface area contributed by atoms with E-state index < -0.39 is 11.4 Å². The number of para-hydroxylation sites is 1. The lowest BCUT2D eigenvalue weighted by atomic mass is 9.78. The minimum atomic E-state index is -0.763. The molecule has 4 heteroatoms. The van der Waals surface area contributed by atoms with Crippen molar-refractivity contribution >= 4 is 5.97 Å². The molecule has 20 heavy (non-hydrogen) atoms. The van der Waals surface area contributed by atoms with Crippen LogP contribution in [0.1, 0.15) is 32.1 Å². The Balaban J connectivity index is 1.80. The molecule has 0 amide bonds. The van der Waals surface area contributed by atoms with E-state index in [1.165, 1.54) is 0 Å². The van der Waals surface area contributed by atoms with Gasteiger partial charge in [0.2, 0.25) is 0 Å². The second kappa shape index (κ2) is 6.75. The van der Waals surface area contributed by atoms with Crippen molar-refractivity contribution in [2.45, 2.75) is 32.1 Å². The van der Waals surface area contributed by atoms with Gasteiger partial charge in [-0.25, -0.2) is 0 Å². The molecule has 0 saturated heterocycles. The van der Waals surface area contributed by atoms with Gasteiger partial charge in [-0.15, -0.1) is 0 Å². The van der Waals surface area contributed by atoms with Gasteiger partial charge in [0.1, 0.15) is 5.75 Å². The fourth-order valence-corrected chi connectivity index (χ4v) is 2.56. The number of carboxylic acids is 1. The first kappa shape index (κ1) is 14.9. The highest BCUT2D eigenvalue weighted by Crippen LogP contribution is 2.42. The minimum absolute atomic E-state index is 0.212. The highest BCUT2D eigenvalue weighted by atomic mass is 16.5. The molecule has 1 aromatic rings. The second-order valence-electron chi connectivity index (χ2n) is 5.70. The molecule has 1 atom stereocenters. The molecule has 1 unspecified atom stereocenters. The Morgan fingerprint density at radius 2 is 2.05 bits per heavy atom. The number of ether oxygens (including phenoxy) is 1. The molecule has 3 N–H and O–H groups in total. The summed E-state index contributed by atoms with van der Waals surface area (Å²) in [7, 11) is 0. The normalized spacial score (nSPS) is 17.4. The van der Waals surface area contributed by atoms with Gasteiger partial charge in [-0.3, -0.25) is 4.79 Å². The molecule has 2 rings (SSSR count). The van der Waals surface area contributed by atoms with Crippen LogP contribution in [0.25, 0.3) is 0 Å².